The molecule has 3 heterocycles. The Bertz CT molecular complexity index is 1360. The van der Waals surface area contributed by atoms with E-state index in [-0.39, 0.29) is 18.3 Å². The number of carbonyl (C=O) groups excluding carboxylic acids is 1. The fraction of sp³-hybridized carbons (Fsp3) is 0.227. The predicted molar refractivity (Wildman–Crippen MR) is 115 cm³/mol. The number of ether oxygens (including phenoxy) is 2. The molecular formula is C22H19N3O4S. The third-order valence-electron chi connectivity index (χ3n) is 5.25. The highest BCUT2D eigenvalue weighted by Gasteiger charge is 2.22. The van der Waals surface area contributed by atoms with Crippen molar-refractivity contribution in [2.45, 2.75) is 26.4 Å². The number of hydrogen-bond donors (Lipinski definition) is 1. The summed E-state index contributed by atoms with van der Waals surface area (Å²) in [6.45, 7) is 4.07. The Kier molecular flexibility index (Phi) is 4.43. The summed E-state index contributed by atoms with van der Waals surface area (Å²) < 4.78 is 13.9. The summed E-state index contributed by atoms with van der Waals surface area (Å²) in [6.07, 6.45) is 0. The van der Waals surface area contributed by atoms with Gasteiger partial charge in [-0.3, -0.25) is 9.59 Å². The summed E-state index contributed by atoms with van der Waals surface area (Å²) in [5.41, 5.74) is 1.37. The minimum Gasteiger partial charge on any atom is -0.454 e. The average molecular weight is 421 g/mol. The standard InChI is InChI=1S/C22H19N3O4S/c1-12-20-19(15-5-3-4-6-18(15)30-20)22(27)25(24-12)13(2)21(26)23-10-14-7-8-16-17(9-14)29-11-28-16/h3-9,13H,10-11H2,1-2H3,(H,23,26)/t13-/m0/s1. The van der Waals surface area contributed by atoms with Gasteiger partial charge >= 0.3 is 0 Å². The molecule has 0 saturated carbocycles. The molecule has 1 atom stereocenters. The zero-order valence-electron chi connectivity index (χ0n) is 16.5. The number of nitrogens with zero attached hydrogens (tertiary/aromatic N) is 2. The summed E-state index contributed by atoms with van der Waals surface area (Å²) in [4.78, 5) is 26.0. The summed E-state index contributed by atoms with van der Waals surface area (Å²) in [6, 6.07) is 12.6. The van der Waals surface area contributed by atoms with Crippen LogP contribution in [0.3, 0.4) is 0 Å². The van der Waals surface area contributed by atoms with Crippen molar-refractivity contribution in [1.29, 1.82) is 0 Å². The first-order valence-corrected chi connectivity index (χ1v) is 10.4. The molecule has 1 aliphatic heterocycles. The first-order valence-electron chi connectivity index (χ1n) is 9.60. The molecule has 1 N–H and O–H groups in total. The lowest BCUT2D eigenvalue weighted by atomic mass is 10.2. The number of aromatic nitrogens is 2. The van der Waals surface area contributed by atoms with Gasteiger partial charge in [0.25, 0.3) is 5.56 Å². The van der Waals surface area contributed by atoms with Gasteiger partial charge in [-0.1, -0.05) is 24.3 Å². The van der Waals surface area contributed by atoms with Crippen LogP contribution >= 0.6 is 11.3 Å². The Morgan fingerprint density at radius 1 is 1.23 bits per heavy atom. The smallest absolute Gasteiger partial charge is 0.276 e. The Hall–Kier alpha value is -3.39. The summed E-state index contributed by atoms with van der Waals surface area (Å²) in [5, 5.41) is 8.84. The second-order valence-electron chi connectivity index (χ2n) is 7.22. The van der Waals surface area contributed by atoms with E-state index in [0.717, 1.165) is 26.0 Å². The number of hydrogen-bond acceptors (Lipinski definition) is 6. The number of benzene rings is 2. The zero-order chi connectivity index (χ0) is 20.8. The summed E-state index contributed by atoms with van der Waals surface area (Å²) in [5.74, 6) is 1.08. The fourth-order valence-corrected chi connectivity index (χ4v) is 4.78. The van der Waals surface area contributed by atoms with Crippen LogP contribution in [0.5, 0.6) is 11.5 Å². The molecule has 0 aliphatic carbocycles. The number of aryl methyl sites for hydroxylation is 1. The number of thiophene rings is 1. The normalized spacial score (nSPS) is 13.7. The highest BCUT2D eigenvalue weighted by Crippen LogP contribution is 2.33. The van der Waals surface area contributed by atoms with Gasteiger partial charge in [-0.05, 0) is 37.6 Å². The molecule has 8 heteroatoms. The predicted octanol–water partition coefficient (Wildman–Crippen LogP) is 3.53. The van der Waals surface area contributed by atoms with E-state index in [4.69, 9.17) is 9.47 Å². The second-order valence-corrected chi connectivity index (χ2v) is 8.27. The fourth-order valence-electron chi connectivity index (χ4n) is 3.64. The molecule has 1 amide bonds. The summed E-state index contributed by atoms with van der Waals surface area (Å²) in [7, 11) is 0. The van der Waals surface area contributed by atoms with E-state index < -0.39 is 6.04 Å². The van der Waals surface area contributed by atoms with E-state index in [9.17, 15) is 9.59 Å². The van der Waals surface area contributed by atoms with Crippen molar-refractivity contribution in [1.82, 2.24) is 15.1 Å². The molecule has 2 aromatic carbocycles. The SMILES string of the molecule is Cc1nn([C@@H](C)C(=O)NCc2ccc3c(c2)OCO3)c(=O)c2c1sc1ccccc12. The van der Waals surface area contributed by atoms with Crippen LogP contribution < -0.4 is 20.3 Å². The van der Waals surface area contributed by atoms with Gasteiger partial charge in [-0.15, -0.1) is 11.3 Å². The molecule has 0 saturated heterocycles. The number of nitrogens with one attached hydrogen (secondary N) is 1. The first kappa shape index (κ1) is 18.6. The Balaban J connectivity index is 1.43. The van der Waals surface area contributed by atoms with Gasteiger partial charge in [-0.25, -0.2) is 4.68 Å². The average Bonchev–Trinajstić information content (AvgIpc) is 3.38. The second kappa shape index (κ2) is 7.14. The van der Waals surface area contributed by atoms with Gasteiger partial charge in [0.2, 0.25) is 12.7 Å². The number of amides is 1. The van der Waals surface area contributed by atoms with Crippen LogP contribution in [-0.2, 0) is 11.3 Å². The van der Waals surface area contributed by atoms with E-state index >= 15 is 0 Å². The van der Waals surface area contributed by atoms with Gasteiger partial charge in [0.05, 0.1) is 15.8 Å². The maximum Gasteiger partial charge on any atom is 0.276 e. The Labute approximate surface area is 175 Å². The van der Waals surface area contributed by atoms with E-state index in [2.05, 4.69) is 10.4 Å². The van der Waals surface area contributed by atoms with Gasteiger partial charge in [0, 0.05) is 16.6 Å². The van der Waals surface area contributed by atoms with Crippen molar-refractivity contribution in [3.05, 3.63) is 64.1 Å². The monoisotopic (exact) mass is 421 g/mol. The van der Waals surface area contributed by atoms with Crippen LogP contribution in [0.15, 0.2) is 47.3 Å². The van der Waals surface area contributed by atoms with E-state index in [1.165, 1.54) is 4.68 Å². The lowest BCUT2D eigenvalue weighted by molar-refractivity contribution is -0.124. The quantitative estimate of drug-likeness (QED) is 0.545. The topological polar surface area (TPSA) is 82.5 Å². The van der Waals surface area contributed by atoms with E-state index in [0.29, 0.717) is 23.4 Å². The van der Waals surface area contributed by atoms with Crippen LogP contribution in [0.25, 0.3) is 20.2 Å². The molecule has 0 unspecified atom stereocenters. The highest BCUT2D eigenvalue weighted by atomic mass is 32.1. The molecule has 0 radical (unpaired) electrons. The third-order valence-corrected chi connectivity index (χ3v) is 6.53. The van der Waals surface area contributed by atoms with E-state index in [1.807, 2.05) is 49.4 Å². The van der Waals surface area contributed by atoms with Crippen molar-refractivity contribution in [3.8, 4) is 11.5 Å². The zero-order valence-corrected chi connectivity index (χ0v) is 17.3. The van der Waals surface area contributed by atoms with Crippen LogP contribution in [-0.4, -0.2) is 22.5 Å². The van der Waals surface area contributed by atoms with Crippen molar-refractivity contribution >= 4 is 37.4 Å². The molecule has 1 aliphatic rings. The van der Waals surface area contributed by atoms with Crippen LogP contribution in [0.1, 0.15) is 24.2 Å². The van der Waals surface area contributed by atoms with Crippen molar-refractivity contribution in [2.75, 3.05) is 6.79 Å². The largest absolute Gasteiger partial charge is 0.454 e. The van der Waals surface area contributed by atoms with Gasteiger partial charge in [0.1, 0.15) is 6.04 Å². The molecule has 5 rings (SSSR count). The molecule has 0 fully saturated rings. The molecule has 30 heavy (non-hydrogen) atoms. The third kappa shape index (κ3) is 3.00. The Morgan fingerprint density at radius 3 is 2.90 bits per heavy atom. The molecular weight excluding hydrogens is 402 g/mol. The maximum absolute atomic E-state index is 13.2. The minimum atomic E-state index is -0.742. The minimum absolute atomic E-state index is 0.204. The van der Waals surface area contributed by atoms with Crippen molar-refractivity contribution in [2.24, 2.45) is 0 Å². The maximum atomic E-state index is 13.2. The van der Waals surface area contributed by atoms with Gasteiger partial charge in [-0.2, -0.15) is 5.10 Å². The number of rotatable bonds is 4. The Morgan fingerprint density at radius 2 is 2.03 bits per heavy atom. The van der Waals surface area contributed by atoms with Crippen LogP contribution in [0.4, 0.5) is 0 Å². The van der Waals surface area contributed by atoms with Crippen molar-refractivity contribution < 1.29 is 14.3 Å². The van der Waals surface area contributed by atoms with Gasteiger partial charge < -0.3 is 14.8 Å². The first-order chi connectivity index (χ1) is 14.5. The molecule has 4 aromatic rings. The molecule has 0 bridgehead atoms. The lowest BCUT2D eigenvalue weighted by Gasteiger charge is -2.15. The lowest BCUT2D eigenvalue weighted by Crippen LogP contribution is -2.37. The number of fused-ring (bicyclic) bond motifs is 4. The van der Waals surface area contributed by atoms with Crippen LogP contribution in [0, 0.1) is 6.92 Å². The number of carbonyl (C=O) groups is 1. The van der Waals surface area contributed by atoms with Crippen LogP contribution in [0.2, 0.25) is 0 Å². The van der Waals surface area contributed by atoms with E-state index in [1.54, 1.807) is 18.3 Å². The molecule has 152 valence electrons. The van der Waals surface area contributed by atoms with Crippen molar-refractivity contribution in [3.63, 3.8) is 0 Å². The molecule has 2 aromatic heterocycles. The highest BCUT2D eigenvalue weighted by molar-refractivity contribution is 7.26. The van der Waals surface area contributed by atoms with Gasteiger partial charge in [0.15, 0.2) is 11.5 Å². The molecule has 7 nitrogen and oxygen atoms in total. The molecule has 0 spiro atoms. The summed E-state index contributed by atoms with van der Waals surface area (Å²) >= 11 is 1.55.